The van der Waals surface area contributed by atoms with Crippen molar-refractivity contribution in [3.05, 3.63) is 0 Å². The summed E-state index contributed by atoms with van der Waals surface area (Å²) in [5, 5.41) is 5.01. The van der Waals surface area contributed by atoms with Crippen LogP contribution in [0.4, 0.5) is 0 Å². The topological polar surface area (TPSA) is 47.6 Å². The Morgan fingerprint density at radius 2 is 1.88 bits per heavy atom. The highest BCUT2D eigenvalue weighted by Crippen LogP contribution is 1.94. The molecular formula is C11H24N4O. The van der Waals surface area contributed by atoms with Crippen LogP contribution in [0.3, 0.4) is 0 Å². The van der Waals surface area contributed by atoms with Gasteiger partial charge in [0.25, 0.3) is 0 Å². The van der Waals surface area contributed by atoms with Crippen molar-refractivity contribution in [2.75, 3.05) is 46.3 Å². The van der Waals surface area contributed by atoms with Crippen molar-refractivity contribution >= 4 is 5.91 Å². The van der Waals surface area contributed by atoms with Crippen molar-refractivity contribution in [3.63, 3.8) is 0 Å². The summed E-state index contributed by atoms with van der Waals surface area (Å²) in [5.74, 6) is 0.584. The van der Waals surface area contributed by atoms with Crippen LogP contribution in [0.1, 0.15) is 13.8 Å². The van der Waals surface area contributed by atoms with Crippen LogP contribution < -0.4 is 10.7 Å². The van der Waals surface area contributed by atoms with E-state index in [2.05, 4.69) is 41.5 Å². The third kappa shape index (κ3) is 5.44. The normalized spacial score (nSPS) is 19.0. The van der Waals surface area contributed by atoms with E-state index in [-0.39, 0.29) is 5.91 Å². The monoisotopic (exact) mass is 228 g/mol. The molecule has 0 bridgehead atoms. The van der Waals surface area contributed by atoms with Gasteiger partial charge in [-0.3, -0.25) is 4.79 Å². The van der Waals surface area contributed by atoms with E-state index < -0.39 is 0 Å². The molecule has 0 unspecified atom stereocenters. The molecule has 0 aromatic carbocycles. The minimum absolute atomic E-state index is 0.0765. The van der Waals surface area contributed by atoms with Crippen LogP contribution in [-0.4, -0.2) is 62.1 Å². The van der Waals surface area contributed by atoms with E-state index >= 15 is 0 Å². The smallest absolute Gasteiger partial charge is 0.235 e. The van der Waals surface area contributed by atoms with Gasteiger partial charge in [0.15, 0.2) is 0 Å². The molecule has 1 aliphatic heterocycles. The molecule has 1 amide bonds. The van der Waals surface area contributed by atoms with Crippen LogP contribution in [0.15, 0.2) is 0 Å². The number of hydrogen-bond acceptors (Lipinski definition) is 4. The lowest BCUT2D eigenvalue weighted by molar-refractivity contribution is -0.121. The third-order valence-electron chi connectivity index (χ3n) is 2.67. The van der Waals surface area contributed by atoms with Gasteiger partial charge < -0.3 is 10.2 Å². The van der Waals surface area contributed by atoms with Crippen LogP contribution in [0.5, 0.6) is 0 Å². The van der Waals surface area contributed by atoms with Crippen LogP contribution in [0.2, 0.25) is 0 Å². The first kappa shape index (κ1) is 13.4. The summed E-state index contributed by atoms with van der Waals surface area (Å²) in [6.45, 7) is 9.39. The molecule has 0 aromatic rings. The third-order valence-corrected chi connectivity index (χ3v) is 2.67. The fraction of sp³-hybridized carbons (Fsp3) is 0.909. The van der Waals surface area contributed by atoms with E-state index in [1.54, 1.807) is 0 Å². The van der Waals surface area contributed by atoms with Gasteiger partial charge in [-0.2, -0.15) is 0 Å². The first-order chi connectivity index (χ1) is 7.58. The van der Waals surface area contributed by atoms with Gasteiger partial charge >= 0.3 is 0 Å². The van der Waals surface area contributed by atoms with E-state index in [4.69, 9.17) is 0 Å². The van der Waals surface area contributed by atoms with E-state index in [0.717, 1.165) is 32.7 Å². The van der Waals surface area contributed by atoms with Gasteiger partial charge in [0.2, 0.25) is 5.91 Å². The zero-order valence-electron chi connectivity index (χ0n) is 10.6. The SMILES string of the molecule is CC(C)CNC(=O)CNN1CCN(C)CC1. The van der Waals surface area contributed by atoms with Gasteiger partial charge in [-0.25, -0.2) is 10.4 Å². The van der Waals surface area contributed by atoms with Gasteiger partial charge in [-0.15, -0.1) is 0 Å². The summed E-state index contributed by atoms with van der Waals surface area (Å²) >= 11 is 0. The maximum Gasteiger partial charge on any atom is 0.235 e. The molecule has 0 aromatic heterocycles. The molecule has 5 nitrogen and oxygen atoms in total. The van der Waals surface area contributed by atoms with Crippen LogP contribution in [0, 0.1) is 5.92 Å². The minimum Gasteiger partial charge on any atom is -0.355 e. The molecule has 16 heavy (non-hydrogen) atoms. The number of nitrogens with one attached hydrogen (secondary N) is 2. The lowest BCUT2D eigenvalue weighted by Crippen LogP contribution is -2.53. The van der Waals surface area contributed by atoms with E-state index in [0.29, 0.717) is 12.5 Å². The molecule has 0 radical (unpaired) electrons. The lowest BCUT2D eigenvalue weighted by atomic mass is 10.2. The van der Waals surface area contributed by atoms with Crippen LogP contribution in [0.25, 0.3) is 0 Å². The second-order valence-electron chi connectivity index (χ2n) is 4.82. The molecule has 0 spiro atoms. The van der Waals surface area contributed by atoms with Gasteiger partial charge in [0.1, 0.15) is 0 Å². The maximum absolute atomic E-state index is 11.4. The molecular weight excluding hydrogens is 204 g/mol. The Kier molecular flexibility index (Phi) is 5.73. The lowest BCUT2D eigenvalue weighted by Gasteiger charge is -2.32. The van der Waals surface area contributed by atoms with Crippen LogP contribution in [-0.2, 0) is 4.79 Å². The molecule has 94 valence electrons. The van der Waals surface area contributed by atoms with E-state index in [9.17, 15) is 4.79 Å². The highest BCUT2D eigenvalue weighted by atomic mass is 16.2. The molecule has 1 saturated heterocycles. The average Bonchev–Trinajstić information content (AvgIpc) is 2.25. The quantitative estimate of drug-likeness (QED) is 0.667. The summed E-state index contributed by atoms with van der Waals surface area (Å²) in [4.78, 5) is 13.7. The van der Waals surface area contributed by atoms with E-state index in [1.165, 1.54) is 0 Å². The predicted molar refractivity (Wildman–Crippen MR) is 64.9 cm³/mol. The molecule has 5 heteroatoms. The van der Waals surface area contributed by atoms with Crippen molar-refractivity contribution in [2.24, 2.45) is 5.92 Å². The van der Waals surface area contributed by atoms with Gasteiger partial charge in [0, 0.05) is 32.7 Å². The number of likely N-dealkylation sites (N-methyl/N-ethyl adjacent to an activating group) is 1. The Morgan fingerprint density at radius 1 is 1.25 bits per heavy atom. The molecule has 0 saturated carbocycles. The fourth-order valence-electron chi connectivity index (χ4n) is 1.53. The second kappa shape index (κ2) is 6.83. The number of hydrazine groups is 1. The first-order valence-corrected chi connectivity index (χ1v) is 6.01. The molecule has 2 N–H and O–H groups in total. The zero-order valence-corrected chi connectivity index (χ0v) is 10.6. The molecule has 0 atom stereocenters. The van der Waals surface area contributed by atoms with Crippen molar-refractivity contribution in [2.45, 2.75) is 13.8 Å². The Balaban J connectivity index is 2.07. The number of rotatable bonds is 5. The standard InChI is InChI=1S/C11H24N4O/c1-10(2)8-12-11(16)9-13-15-6-4-14(3)5-7-15/h10,13H,4-9H2,1-3H3,(H,12,16). The average molecular weight is 228 g/mol. The summed E-state index contributed by atoms with van der Waals surface area (Å²) in [6.07, 6.45) is 0. The second-order valence-corrected chi connectivity index (χ2v) is 4.82. The highest BCUT2D eigenvalue weighted by Gasteiger charge is 2.13. The summed E-state index contributed by atoms with van der Waals surface area (Å²) in [7, 11) is 2.12. The number of piperazine rings is 1. The largest absolute Gasteiger partial charge is 0.355 e. The minimum atomic E-state index is 0.0765. The van der Waals surface area contributed by atoms with Gasteiger partial charge in [-0.05, 0) is 13.0 Å². The van der Waals surface area contributed by atoms with Crippen molar-refractivity contribution in [3.8, 4) is 0 Å². The van der Waals surface area contributed by atoms with Gasteiger partial charge in [0.05, 0.1) is 6.54 Å². The summed E-state index contributed by atoms with van der Waals surface area (Å²) in [6, 6.07) is 0. The Labute approximate surface area is 98.1 Å². The zero-order chi connectivity index (χ0) is 12.0. The molecule has 1 heterocycles. The number of nitrogens with zero attached hydrogens (tertiary/aromatic N) is 2. The van der Waals surface area contributed by atoms with Crippen LogP contribution >= 0.6 is 0 Å². The first-order valence-electron chi connectivity index (χ1n) is 6.01. The molecule has 1 aliphatic rings. The fourth-order valence-corrected chi connectivity index (χ4v) is 1.53. The Morgan fingerprint density at radius 3 is 2.44 bits per heavy atom. The number of hydrogen-bond donors (Lipinski definition) is 2. The summed E-state index contributed by atoms with van der Waals surface area (Å²) in [5.41, 5.74) is 3.16. The number of carbonyl (C=O) groups excluding carboxylic acids is 1. The van der Waals surface area contributed by atoms with Crippen molar-refractivity contribution < 1.29 is 4.79 Å². The number of carbonyl (C=O) groups is 1. The maximum atomic E-state index is 11.4. The molecule has 1 rings (SSSR count). The molecule has 0 aliphatic carbocycles. The Hall–Kier alpha value is -0.650. The molecule has 1 fully saturated rings. The predicted octanol–water partition coefficient (Wildman–Crippen LogP) is -0.489. The van der Waals surface area contributed by atoms with E-state index in [1.807, 2.05) is 0 Å². The highest BCUT2D eigenvalue weighted by molar-refractivity contribution is 5.77. The van der Waals surface area contributed by atoms with Crippen molar-refractivity contribution in [1.82, 2.24) is 20.7 Å². The van der Waals surface area contributed by atoms with Crippen molar-refractivity contribution in [1.29, 1.82) is 0 Å². The Bertz CT molecular complexity index is 212. The number of amides is 1. The van der Waals surface area contributed by atoms with Gasteiger partial charge in [-0.1, -0.05) is 13.8 Å². The summed E-state index contributed by atoms with van der Waals surface area (Å²) < 4.78 is 0.